The molecule has 0 radical (unpaired) electrons. The highest BCUT2D eigenvalue weighted by Crippen LogP contribution is 2.09. The molecule has 0 saturated carbocycles. The topological polar surface area (TPSA) is 34.9 Å². The van der Waals surface area contributed by atoms with Crippen LogP contribution in [0.25, 0.3) is 0 Å². The number of benzene rings is 1. The summed E-state index contributed by atoms with van der Waals surface area (Å²) in [5.74, 6) is 0.407. The number of nitrogens with zero attached hydrogens (tertiary/aromatic N) is 2. The van der Waals surface area contributed by atoms with Crippen LogP contribution < -0.4 is 0 Å². The van der Waals surface area contributed by atoms with Gasteiger partial charge in [-0.15, -0.1) is 0 Å². The SMILES string of the molecule is CCCn1ccnc1CC(=O)Cc1ccccc1F. The van der Waals surface area contributed by atoms with E-state index in [1.165, 1.54) is 6.07 Å². The van der Waals surface area contributed by atoms with E-state index in [0.717, 1.165) is 18.8 Å². The predicted octanol–water partition coefficient (Wildman–Crippen LogP) is 2.79. The number of ketones is 1. The highest BCUT2D eigenvalue weighted by Gasteiger charge is 2.11. The zero-order valence-corrected chi connectivity index (χ0v) is 11.0. The van der Waals surface area contributed by atoms with E-state index < -0.39 is 0 Å². The maximum atomic E-state index is 13.5. The van der Waals surface area contributed by atoms with Crippen LogP contribution in [0.3, 0.4) is 0 Å². The van der Waals surface area contributed by atoms with Crippen molar-refractivity contribution in [2.75, 3.05) is 0 Å². The minimum absolute atomic E-state index is 0.0198. The van der Waals surface area contributed by atoms with E-state index in [2.05, 4.69) is 11.9 Å². The first-order valence-electron chi connectivity index (χ1n) is 6.45. The molecule has 19 heavy (non-hydrogen) atoms. The maximum Gasteiger partial charge on any atom is 0.144 e. The van der Waals surface area contributed by atoms with Crippen LogP contribution >= 0.6 is 0 Å². The summed E-state index contributed by atoms with van der Waals surface area (Å²) < 4.78 is 15.4. The Bertz CT molecular complexity index is 563. The van der Waals surface area contributed by atoms with Crippen LogP contribution in [-0.4, -0.2) is 15.3 Å². The van der Waals surface area contributed by atoms with Gasteiger partial charge >= 0.3 is 0 Å². The van der Waals surface area contributed by atoms with Crippen molar-refractivity contribution in [1.82, 2.24) is 9.55 Å². The fourth-order valence-electron chi connectivity index (χ4n) is 2.04. The highest BCUT2D eigenvalue weighted by atomic mass is 19.1. The molecule has 0 saturated heterocycles. The fourth-order valence-corrected chi connectivity index (χ4v) is 2.04. The number of hydrogen-bond donors (Lipinski definition) is 0. The van der Waals surface area contributed by atoms with Gasteiger partial charge in [0.05, 0.1) is 6.42 Å². The average Bonchev–Trinajstić information content (AvgIpc) is 2.80. The van der Waals surface area contributed by atoms with Gasteiger partial charge in [-0.25, -0.2) is 9.37 Å². The molecule has 0 amide bonds. The van der Waals surface area contributed by atoms with Crippen LogP contribution in [-0.2, 0) is 24.2 Å². The van der Waals surface area contributed by atoms with Crippen molar-refractivity contribution in [3.05, 3.63) is 53.9 Å². The Labute approximate surface area is 112 Å². The van der Waals surface area contributed by atoms with Crippen molar-refractivity contribution < 1.29 is 9.18 Å². The van der Waals surface area contributed by atoms with Crippen molar-refractivity contribution in [2.24, 2.45) is 0 Å². The Morgan fingerprint density at radius 1 is 1.32 bits per heavy atom. The van der Waals surface area contributed by atoms with Crippen molar-refractivity contribution in [1.29, 1.82) is 0 Å². The summed E-state index contributed by atoms with van der Waals surface area (Å²) in [6.07, 6.45) is 4.93. The molecule has 4 heteroatoms. The molecule has 0 fully saturated rings. The molecule has 1 heterocycles. The van der Waals surface area contributed by atoms with Gasteiger partial charge in [0.2, 0.25) is 0 Å². The zero-order chi connectivity index (χ0) is 13.7. The van der Waals surface area contributed by atoms with E-state index in [0.29, 0.717) is 5.56 Å². The number of carbonyl (C=O) groups is 1. The van der Waals surface area contributed by atoms with Gasteiger partial charge in [-0.1, -0.05) is 25.1 Å². The van der Waals surface area contributed by atoms with Gasteiger partial charge in [0.15, 0.2) is 0 Å². The molecular weight excluding hydrogens is 243 g/mol. The summed E-state index contributed by atoms with van der Waals surface area (Å²) in [4.78, 5) is 16.2. The van der Waals surface area contributed by atoms with Gasteiger partial charge in [-0.2, -0.15) is 0 Å². The van der Waals surface area contributed by atoms with E-state index in [1.54, 1.807) is 24.4 Å². The molecule has 2 rings (SSSR count). The first-order valence-corrected chi connectivity index (χ1v) is 6.45. The van der Waals surface area contributed by atoms with Crippen molar-refractivity contribution in [2.45, 2.75) is 32.7 Å². The summed E-state index contributed by atoms with van der Waals surface area (Å²) in [7, 11) is 0. The van der Waals surface area contributed by atoms with Crippen molar-refractivity contribution in [3.63, 3.8) is 0 Å². The second-order valence-corrected chi connectivity index (χ2v) is 4.52. The minimum atomic E-state index is -0.326. The molecule has 0 aliphatic carbocycles. The first-order chi connectivity index (χ1) is 9.20. The Balaban J connectivity index is 2.02. The third kappa shape index (κ3) is 3.50. The van der Waals surface area contributed by atoms with Crippen LogP contribution in [0.15, 0.2) is 36.7 Å². The van der Waals surface area contributed by atoms with E-state index in [9.17, 15) is 9.18 Å². The molecular formula is C15H17FN2O. The summed E-state index contributed by atoms with van der Waals surface area (Å²) >= 11 is 0. The largest absolute Gasteiger partial charge is 0.335 e. The molecule has 2 aromatic rings. The monoisotopic (exact) mass is 260 g/mol. The van der Waals surface area contributed by atoms with Gasteiger partial charge in [0, 0.05) is 25.4 Å². The Morgan fingerprint density at radius 3 is 2.84 bits per heavy atom. The fraction of sp³-hybridized carbons (Fsp3) is 0.333. The summed E-state index contributed by atoms with van der Waals surface area (Å²) in [6.45, 7) is 2.92. The standard InChI is InChI=1S/C15H17FN2O/c1-2-8-18-9-7-17-15(18)11-13(19)10-12-5-3-4-6-14(12)16/h3-7,9H,2,8,10-11H2,1H3. The lowest BCUT2D eigenvalue weighted by atomic mass is 10.1. The molecule has 1 aromatic carbocycles. The molecule has 0 aliphatic heterocycles. The minimum Gasteiger partial charge on any atom is -0.335 e. The number of Topliss-reactive ketones (excluding diaryl/α,β-unsaturated/α-hetero) is 1. The smallest absolute Gasteiger partial charge is 0.144 e. The van der Waals surface area contributed by atoms with Crippen LogP contribution in [0.1, 0.15) is 24.7 Å². The molecule has 0 atom stereocenters. The number of aryl methyl sites for hydroxylation is 1. The molecule has 100 valence electrons. The average molecular weight is 260 g/mol. The quantitative estimate of drug-likeness (QED) is 0.800. The third-order valence-electron chi connectivity index (χ3n) is 2.97. The van der Waals surface area contributed by atoms with Crippen molar-refractivity contribution >= 4 is 5.78 Å². The Hall–Kier alpha value is -1.97. The normalized spacial score (nSPS) is 10.6. The van der Waals surface area contributed by atoms with Gasteiger partial charge in [-0.05, 0) is 18.1 Å². The van der Waals surface area contributed by atoms with Crippen LogP contribution in [0.4, 0.5) is 4.39 Å². The number of hydrogen-bond acceptors (Lipinski definition) is 2. The number of imidazole rings is 1. The lowest BCUT2D eigenvalue weighted by Gasteiger charge is -2.06. The second-order valence-electron chi connectivity index (χ2n) is 4.52. The summed E-state index contributed by atoms with van der Waals surface area (Å²) in [6, 6.07) is 6.38. The lowest BCUT2D eigenvalue weighted by Crippen LogP contribution is -2.12. The van der Waals surface area contributed by atoms with Crippen molar-refractivity contribution in [3.8, 4) is 0 Å². The summed E-state index contributed by atoms with van der Waals surface area (Å²) in [5.41, 5.74) is 0.445. The Kier molecular flexibility index (Phi) is 4.44. The molecule has 3 nitrogen and oxygen atoms in total. The number of carbonyl (C=O) groups excluding carboxylic acids is 1. The van der Waals surface area contributed by atoms with Gasteiger partial charge in [0.1, 0.15) is 17.4 Å². The third-order valence-corrected chi connectivity index (χ3v) is 2.97. The molecule has 0 bridgehead atoms. The first kappa shape index (κ1) is 13.5. The van der Waals surface area contributed by atoms with Crippen LogP contribution in [0, 0.1) is 5.82 Å². The van der Waals surface area contributed by atoms with E-state index in [1.807, 2.05) is 10.8 Å². The molecule has 0 aliphatic rings. The number of rotatable bonds is 6. The number of halogens is 1. The van der Waals surface area contributed by atoms with E-state index >= 15 is 0 Å². The molecule has 0 unspecified atom stereocenters. The summed E-state index contributed by atoms with van der Waals surface area (Å²) in [5, 5.41) is 0. The molecule has 1 aromatic heterocycles. The zero-order valence-electron chi connectivity index (χ0n) is 11.0. The van der Waals surface area contributed by atoms with Gasteiger partial charge in [-0.3, -0.25) is 4.79 Å². The maximum absolute atomic E-state index is 13.5. The Morgan fingerprint density at radius 2 is 2.11 bits per heavy atom. The van der Waals surface area contributed by atoms with Gasteiger partial charge in [0.25, 0.3) is 0 Å². The van der Waals surface area contributed by atoms with Crippen LogP contribution in [0.5, 0.6) is 0 Å². The van der Waals surface area contributed by atoms with E-state index in [-0.39, 0.29) is 24.4 Å². The molecule has 0 spiro atoms. The second kappa shape index (κ2) is 6.27. The lowest BCUT2D eigenvalue weighted by molar-refractivity contribution is -0.118. The van der Waals surface area contributed by atoms with Gasteiger partial charge < -0.3 is 4.57 Å². The predicted molar refractivity (Wildman–Crippen MR) is 71.3 cm³/mol. The highest BCUT2D eigenvalue weighted by molar-refractivity contribution is 5.82. The molecule has 0 N–H and O–H groups in total. The van der Waals surface area contributed by atoms with E-state index in [4.69, 9.17) is 0 Å². The number of aromatic nitrogens is 2. The van der Waals surface area contributed by atoms with Crippen LogP contribution in [0.2, 0.25) is 0 Å².